The third-order valence-corrected chi connectivity index (χ3v) is 5.35. The van der Waals surface area contributed by atoms with E-state index in [0.29, 0.717) is 23.3 Å². The number of nitrogens with one attached hydrogen (secondary N) is 1. The van der Waals surface area contributed by atoms with Crippen molar-refractivity contribution in [2.75, 3.05) is 5.32 Å². The molecule has 1 heterocycles. The van der Waals surface area contributed by atoms with Crippen molar-refractivity contribution in [3.63, 3.8) is 0 Å². The van der Waals surface area contributed by atoms with Gasteiger partial charge in [0.15, 0.2) is 0 Å². The Morgan fingerprint density at radius 2 is 1.79 bits per heavy atom. The van der Waals surface area contributed by atoms with Gasteiger partial charge in [-0.2, -0.15) is 0 Å². The van der Waals surface area contributed by atoms with Crippen LogP contribution >= 0.6 is 0 Å². The standard InChI is InChI=1S/C23H23NO4/c1-13-7-10-21-20(11-13)17-5-4-6-18(17)23(24-21)19-9-8-16(27-14(2)25)12-22(19)28-15(3)26/h4-5,7-12,17-18,23-24H,6H2,1-3H3. The molecule has 3 unspecified atom stereocenters. The molecular formula is C23H23NO4. The molecule has 5 nitrogen and oxygen atoms in total. The number of carbonyl (C=O) groups is 2. The fraction of sp³-hybridized carbons (Fsp3) is 0.304. The summed E-state index contributed by atoms with van der Waals surface area (Å²) in [6.45, 7) is 4.82. The fourth-order valence-corrected chi connectivity index (χ4v) is 4.27. The molecule has 4 rings (SSSR count). The number of ether oxygens (including phenoxy) is 2. The van der Waals surface area contributed by atoms with Crippen LogP contribution in [0.15, 0.2) is 48.6 Å². The molecule has 0 spiro atoms. The minimum atomic E-state index is -0.415. The number of hydrogen-bond acceptors (Lipinski definition) is 5. The van der Waals surface area contributed by atoms with Crippen LogP contribution in [0.4, 0.5) is 5.69 Å². The van der Waals surface area contributed by atoms with Crippen LogP contribution in [0.25, 0.3) is 0 Å². The highest BCUT2D eigenvalue weighted by Crippen LogP contribution is 2.51. The second kappa shape index (κ2) is 7.15. The van der Waals surface area contributed by atoms with Gasteiger partial charge in [0.25, 0.3) is 0 Å². The van der Waals surface area contributed by atoms with E-state index < -0.39 is 11.9 Å². The van der Waals surface area contributed by atoms with Crippen molar-refractivity contribution in [1.82, 2.24) is 0 Å². The van der Waals surface area contributed by atoms with E-state index in [1.165, 1.54) is 25.0 Å². The smallest absolute Gasteiger partial charge is 0.308 e. The topological polar surface area (TPSA) is 64.6 Å². The van der Waals surface area contributed by atoms with Gasteiger partial charge in [0, 0.05) is 37.1 Å². The SMILES string of the molecule is CC(=O)Oc1ccc(C2Nc3ccc(C)cc3C3C=CCC32)c(OC(C)=O)c1. The van der Waals surface area contributed by atoms with E-state index in [9.17, 15) is 9.59 Å². The Balaban J connectivity index is 1.76. The number of allylic oxidation sites excluding steroid dienone is 2. The first-order chi connectivity index (χ1) is 13.4. The molecule has 28 heavy (non-hydrogen) atoms. The first kappa shape index (κ1) is 18.3. The normalized spacial score (nSPS) is 22.0. The minimum Gasteiger partial charge on any atom is -0.427 e. The van der Waals surface area contributed by atoms with Gasteiger partial charge in [-0.05, 0) is 43.0 Å². The first-order valence-corrected chi connectivity index (χ1v) is 9.47. The minimum absolute atomic E-state index is 0.0177. The Morgan fingerprint density at radius 3 is 2.54 bits per heavy atom. The lowest BCUT2D eigenvalue weighted by Gasteiger charge is -2.38. The highest BCUT2D eigenvalue weighted by molar-refractivity contribution is 5.72. The third kappa shape index (κ3) is 3.40. The Hall–Kier alpha value is -3.08. The Bertz CT molecular complexity index is 979. The maximum atomic E-state index is 11.7. The van der Waals surface area contributed by atoms with Crippen LogP contribution < -0.4 is 14.8 Å². The summed E-state index contributed by atoms with van der Waals surface area (Å²) >= 11 is 0. The fourth-order valence-electron chi connectivity index (χ4n) is 4.27. The Morgan fingerprint density at radius 1 is 1.00 bits per heavy atom. The zero-order chi connectivity index (χ0) is 19.8. The lowest BCUT2D eigenvalue weighted by atomic mass is 9.76. The van der Waals surface area contributed by atoms with Crippen LogP contribution in [0, 0.1) is 12.8 Å². The maximum absolute atomic E-state index is 11.7. The lowest BCUT2D eigenvalue weighted by Crippen LogP contribution is -2.29. The van der Waals surface area contributed by atoms with Crippen LogP contribution in [0.3, 0.4) is 0 Å². The number of fused-ring (bicyclic) bond motifs is 3. The number of benzene rings is 2. The summed E-state index contributed by atoms with van der Waals surface area (Å²) in [5.41, 5.74) is 4.53. The summed E-state index contributed by atoms with van der Waals surface area (Å²) < 4.78 is 10.7. The summed E-state index contributed by atoms with van der Waals surface area (Å²) in [4.78, 5) is 23.0. The van der Waals surface area contributed by atoms with Crippen molar-refractivity contribution in [3.05, 3.63) is 65.2 Å². The van der Waals surface area contributed by atoms with E-state index >= 15 is 0 Å². The average molecular weight is 377 g/mol. The van der Waals surface area contributed by atoms with Gasteiger partial charge in [-0.3, -0.25) is 9.59 Å². The molecule has 3 atom stereocenters. The molecule has 0 saturated carbocycles. The van der Waals surface area contributed by atoms with E-state index in [4.69, 9.17) is 9.47 Å². The number of anilines is 1. The first-order valence-electron chi connectivity index (χ1n) is 9.47. The molecule has 1 N–H and O–H groups in total. The average Bonchev–Trinajstić information content (AvgIpc) is 3.11. The Kier molecular flexibility index (Phi) is 4.67. The summed E-state index contributed by atoms with van der Waals surface area (Å²) in [6.07, 6.45) is 5.44. The van der Waals surface area contributed by atoms with Crippen molar-refractivity contribution >= 4 is 17.6 Å². The van der Waals surface area contributed by atoms with Gasteiger partial charge in [0.1, 0.15) is 11.5 Å². The molecular weight excluding hydrogens is 354 g/mol. The van der Waals surface area contributed by atoms with Gasteiger partial charge in [-0.1, -0.05) is 29.8 Å². The number of hydrogen-bond donors (Lipinski definition) is 1. The monoisotopic (exact) mass is 377 g/mol. The highest BCUT2D eigenvalue weighted by Gasteiger charge is 2.39. The van der Waals surface area contributed by atoms with Crippen molar-refractivity contribution in [1.29, 1.82) is 0 Å². The van der Waals surface area contributed by atoms with E-state index in [1.54, 1.807) is 12.1 Å². The van der Waals surface area contributed by atoms with Crippen LogP contribution in [-0.2, 0) is 9.59 Å². The number of esters is 2. The van der Waals surface area contributed by atoms with Crippen molar-refractivity contribution < 1.29 is 19.1 Å². The molecule has 2 aromatic rings. The second-order valence-corrected chi connectivity index (χ2v) is 7.45. The van der Waals surface area contributed by atoms with E-state index in [0.717, 1.165) is 17.7 Å². The number of carbonyl (C=O) groups excluding carboxylic acids is 2. The Labute approximate surface area is 164 Å². The summed E-state index contributed by atoms with van der Waals surface area (Å²) in [6, 6.07) is 11.7. The van der Waals surface area contributed by atoms with E-state index in [2.05, 4.69) is 42.6 Å². The van der Waals surface area contributed by atoms with Crippen LogP contribution in [0.5, 0.6) is 11.5 Å². The molecule has 1 aliphatic carbocycles. The molecule has 5 heteroatoms. The highest BCUT2D eigenvalue weighted by atomic mass is 16.5. The van der Waals surface area contributed by atoms with E-state index in [-0.39, 0.29) is 6.04 Å². The molecule has 0 saturated heterocycles. The van der Waals surface area contributed by atoms with Gasteiger partial charge >= 0.3 is 11.9 Å². The third-order valence-electron chi connectivity index (χ3n) is 5.35. The van der Waals surface area contributed by atoms with Crippen molar-refractivity contribution in [2.24, 2.45) is 5.92 Å². The molecule has 0 fully saturated rings. The molecule has 2 aromatic carbocycles. The van der Waals surface area contributed by atoms with E-state index in [1.807, 2.05) is 6.07 Å². The lowest BCUT2D eigenvalue weighted by molar-refractivity contribution is -0.132. The number of aryl methyl sites for hydroxylation is 1. The zero-order valence-corrected chi connectivity index (χ0v) is 16.2. The van der Waals surface area contributed by atoms with Crippen LogP contribution in [-0.4, -0.2) is 11.9 Å². The van der Waals surface area contributed by atoms with Gasteiger partial charge in [-0.25, -0.2) is 0 Å². The zero-order valence-electron chi connectivity index (χ0n) is 16.2. The molecule has 0 radical (unpaired) electrons. The van der Waals surface area contributed by atoms with Crippen molar-refractivity contribution in [3.8, 4) is 11.5 Å². The van der Waals surface area contributed by atoms with Crippen molar-refractivity contribution in [2.45, 2.75) is 39.2 Å². The largest absolute Gasteiger partial charge is 0.427 e. The quantitative estimate of drug-likeness (QED) is 0.478. The molecule has 1 aliphatic heterocycles. The molecule has 0 amide bonds. The van der Waals surface area contributed by atoms with Gasteiger partial charge in [-0.15, -0.1) is 0 Å². The van der Waals surface area contributed by atoms with Gasteiger partial charge < -0.3 is 14.8 Å². The van der Waals surface area contributed by atoms with Gasteiger partial charge in [0.05, 0.1) is 6.04 Å². The molecule has 0 bridgehead atoms. The summed E-state index contributed by atoms with van der Waals surface area (Å²) in [7, 11) is 0. The molecule has 0 aromatic heterocycles. The second-order valence-electron chi connectivity index (χ2n) is 7.45. The summed E-state index contributed by atoms with van der Waals surface area (Å²) in [5, 5.41) is 3.65. The molecule has 144 valence electrons. The van der Waals surface area contributed by atoms with Crippen LogP contribution in [0.2, 0.25) is 0 Å². The van der Waals surface area contributed by atoms with Gasteiger partial charge in [0.2, 0.25) is 0 Å². The predicted octanol–water partition coefficient (Wildman–Crippen LogP) is 4.67. The predicted molar refractivity (Wildman–Crippen MR) is 107 cm³/mol. The van der Waals surface area contributed by atoms with Crippen LogP contribution in [0.1, 0.15) is 48.9 Å². The number of rotatable bonds is 3. The molecule has 2 aliphatic rings. The summed E-state index contributed by atoms with van der Waals surface area (Å²) in [5.74, 6) is 0.601. The maximum Gasteiger partial charge on any atom is 0.308 e.